The lowest BCUT2D eigenvalue weighted by Crippen LogP contribution is -2.26. The van der Waals surface area contributed by atoms with Crippen molar-refractivity contribution in [2.24, 2.45) is 0 Å². The fraction of sp³-hybridized carbons (Fsp3) is 0.400. The maximum Gasteiger partial charge on any atom is 0.573 e. The molecule has 4 aromatic carbocycles. The molecule has 3 nitrogen and oxygen atoms in total. The fourth-order valence-electron chi connectivity index (χ4n) is 9.21. The zero-order chi connectivity index (χ0) is 37.5. The van der Waals surface area contributed by atoms with Crippen LogP contribution < -0.4 is 15.4 Å². The summed E-state index contributed by atoms with van der Waals surface area (Å²) >= 11 is 0. The Kier molecular flexibility index (Phi) is 8.64. The molecule has 0 aromatic heterocycles. The first-order chi connectivity index (χ1) is 25.0. The first-order valence-electron chi connectivity index (χ1n) is 17.5. The molecule has 0 amide bonds. The Bertz CT molecular complexity index is 2070. The molecule has 2 aliphatic heterocycles. The van der Waals surface area contributed by atoms with E-state index in [1.807, 2.05) is 6.07 Å². The van der Waals surface area contributed by atoms with Gasteiger partial charge in [0.05, 0.1) is 17.4 Å². The van der Waals surface area contributed by atoms with Crippen LogP contribution in [0.25, 0.3) is 0 Å². The molecule has 13 heteroatoms. The highest BCUT2D eigenvalue weighted by atomic mass is 19.4. The predicted octanol–water partition coefficient (Wildman–Crippen LogP) is 9.22. The Morgan fingerprint density at radius 3 is 1.89 bits per heavy atom. The summed E-state index contributed by atoms with van der Waals surface area (Å²) in [4.78, 5) is 0. The molecule has 4 aromatic rings. The number of benzene rings is 4. The van der Waals surface area contributed by atoms with Gasteiger partial charge >= 0.3 is 12.5 Å². The second-order valence-corrected chi connectivity index (χ2v) is 14.4. The minimum Gasteiger partial charge on any atom is -0.406 e. The molecule has 280 valence electrons. The lowest BCUT2D eigenvalue weighted by atomic mass is 9.78. The van der Waals surface area contributed by atoms with Gasteiger partial charge in [0, 0.05) is 25.3 Å². The van der Waals surface area contributed by atoms with Gasteiger partial charge in [-0.25, -0.2) is 17.6 Å². The summed E-state index contributed by atoms with van der Waals surface area (Å²) in [6.07, 6.45) is -10.0. The van der Waals surface area contributed by atoms with Crippen LogP contribution in [0.2, 0.25) is 0 Å². The fourth-order valence-corrected chi connectivity index (χ4v) is 9.21. The summed E-state index contributed by atoms with van der Waals surface area (Å²) < 4.78 is 152. The van der Waals surface area contributed by atoms with Crippen LogP contribution in [0.3, 0.4) is 0 Å². The van der Waals surface area contributed by atoms with E-state index in [9.17, 15) is 13.2 Å². The summed E-state index contributed by atoms with van der Waals surface area (Å²) in [6.45, 7) is 1.47. The van der Waals surface area contributed by atoms with Gasteiger partial charge in [-0.15, -0.1) is 13.2 Å². The van der Waals surface area contributed by atoms with Gasteiger partial charge in [0.2, 0.25) is 0 Å². The van der Waals surface area contributed by atoms with Crippen LogP contribution >= 0.6 is 0 Å². The van der Waals surface area contributed by atoms with Gasteiger partial charge in [-0.05, 0) is 118 Å². The van der Waals surface area contributed by atoms with Crippen LogP contribution in [0.15, 0.2) is 66.7 Å². The summed E-state index contributed by atoms with van der Waals surface area (Å²) in [6, 6.07) is 14.3. The Balaban J connectivity index is 1.24. The van der Waals surface area contributed by atoms with Gasteiger partial charge in [-0.1, -0.05) is 48.5 Å². The number of alkyl halides is 10. The van der Waals surface area contributed by atoms with Gasteiger partial charge in [0.15, 0.2) is 0 Å². The van der Waals surface area contributed by atoms with E-state index >= 15 is 30.7 Å². The van der Waals surface area contributed by atoms with Crippen molar-refractivity contribution in [3.63, 3.8) is 0 Å². The summed E-state index contributed by atoms with van der Waals surface area (Å²) in [5, 5.41) is 6.39. The van der Waals surface area contributed by atoms with E-state index in [-0.39, 0.29) is 47.3 Å². The Hall–Kier alpha value is -4.10. The molecule has 3 unspecified atom stereocenters. The SMILES string of the molecule is FC(F)(F)Oc1cccc(C2c3c(ccc4c3CCNCC4c3ccc(C4c5c(ccc6c5CCNCC6)CC4(F)F)cc3C(F)(F)F)CC2(F)F)c1. The smallest absolute Gasteiger partial charge is 0.406 e. The zero-order valence-corrected chi connectivity index (χ0v) is 28.1. The van der Waals surface area contributed by atoms with Crippen molar-refractivity contribution in [3.8, 4) is 5.75 Å². The van der Waals surface area contributed by atoms with E-state index < -0.39 is 66.3 Å². The summed E-state index contributed by atoms with van der Waals surface area (Å²) in [5.74, 6) is -11.7. The van der Waals surface area contributed by atoms with Gasteiger partial charge in [0.1, 0.15) is 5.75 Å². The highest BCUT2D eigenvalue weighted by Gasteiger charge is 2.52. The second kappa shape index (κ2) is 12.8. The average Bonchev–Trinajstić information content (AvgIpc) is 3.26. The first-order valence-corrected chi connectivity index (χ1v) is 17.5. The monoisotopic (exact) mass is 748 g/mol. The van der Waals surface area contributed by atoms with Crippen molar-refractivity contribution in [2.75, 3.05) is 26.2 Å². The molecule has 0 saturated carbocycles. The van der Waals surface area contributed by atoms with Gasteiger partial charge < -0.3 is 15.4 Å². The maximum atomic E-state index is 15.9. The van der Waals surface area contributed by atoms with Gasteiger partial charge in [-0.2, -0.15) is 13.2 Å². The standard InChI is InChI=1S/C40H34F10N2O/c41-37(42)19-25-7-8-28-30(34(25)35(37)22-2-1-3-26(16-22)53-40(48,49)50)12-15-52-20-31(28)29-9-6-23(17-32(29)39(45,46)47)36-33-24(18-38(36,43)44)5-4-21-10-13-51-14-11-27(21)33/h1-9,16-17,31,35-36,51-52H,10-15,18-20H2. The Morgan fingerprint density at radius 2 is 1.19 bits per heavy atom. The molecule has 2 N–H and O–H groups in total. The van der Waals surface area contributed by atoms with E-state index in [0.29, 0.717) is 48.2 Å². The molecular weight excluding hydrogens is 714 g/mol. The number of hydrogen-bond acceptors (Lipinski definition) is 3. The Labute approximate surface area is 298 Å². The molecule has 0 spiro atoms. The van der Waals surface area contributed by atoms with E-state index in [2.05, 4.69) is 15.4 Å². The maximum absolute atomic E-state index is 15.9. The lowest BCUT2D eigenvalue weighted by molar-refractivity contribution is -0.274. The normalized spacial score (nSPS) is 23.3. The third-order valence-electron chi connectivity index (χ3n) is 11.2. The predicted molar refractivity (Wildman–Crippen MR) is 177 cm³/mol. The molecule has 0 radical (unpaired) electrons. The average molecular weight is 749 g/mol. The van der Waals surface area contributed by atoms with Crippen LogP contribution in [-0.2, 0) is 38.3 Å². The molecule has 8 rings (SSSR count). The van der Waals surface area contributed by atoms with Crippen LogP contribution in [-0.4, -0.2) is 44.4 Å². The molecule has 53 heavy (non-hydrogen) atoms. The zero-order valence-electron chi connectivity index (χ0n) is 28.1. The quantitative estimate of drug-likeness (QED) is 0.204. The molecular formula is C40H34F10N2O. The number of hydrogen-bond donors (Lipinski definition) is 2. The van der Waals surface area contributed by atoms with E-state index in [0.717, 1.165) is 29.3 Å². The first kappa shape index (κ1) is 35.9. The highest BCUT2D eigenvalue weighted by Crippen LogP contribution is 2.54. The van der Waals surface area contributed by atoms with Crippen molar-refractivity contribution in [2.45, 2.75) is 74.2 Å². The van der Waals surface area contributed by atoms with Crippen LogP contribution in [0.1, 0.15) is 84.5 Å². The molecule has 2 aliphatic carbocycles. The van der Waals surface area contributed by atoms with Crippen molar-refractivity contribution in [3.05, 3.63) is 133 Å². The number of rotatable bonds is 4. The van der Waals surface area contributed by atoms with Crippen LogP contribution in [0.4, 0.5) is 43.9 Å². The molecule has 0 saturated heterocycles. The highest BCUT2D eigenvalue weighted by molar-refractivity contribution is 5.59. The van der Waals surface area contributed by atoms with E-state index in [1.54, 1.807) is 12.1 Å². The van der Waals surface area contributed by atoms with Crippen LogP contribution in [0, 0.1) is 0 Å². The number of fused-ring (bicyclic) bond motifs is 6. The second-order valence-electron chi connectivity index (χ2n) is 14.4. The topological polar surface area (TPSA) is 33.3 Å². The van der Waals surface area contributed by atoms with Crippen molar-refractivity contribution < 1.29 is 48.6 Å². The molecule has 2 heterocycles. The Morgan fingerprint density at radius 1 is 0.604 bits per heavy atom. The van der Waals surface area contributed by atoms with Crippen LogP contribution in [0.5, 0.6) is 5.75 Å². The van der Waals surface area contributed by atoms with E-state index in [4.69, 9.17) is 0 Å². The molecule has 0 bridgehead atoms. The minimum absolute atomic E-state index is 0.00705. The third kappa shape index (κ3) is 6.47. The number of halogens is 10. The third-order valence-corrected chi connectivity index (χ3v) is 11.2. The van der Waals surface area contributed by atoms with Gasteiger partial charge in [0.25, 0.3) is 11.8 Å². The minimum atomic E-state index is -5.05. The van der Waals surface area contributed by atoms with Gasteiger partial charge in [-0.3, -0.25) is 0 Å². The molecule has 0 fully saturated rings. The van der Waals surface area contributed by atoms with E-state index in [1.165, 1.54) is 30.3 Å². The number of nitrogens with one attached hydrogen (secondary N) is 2. The van der Waals surface area contributed by atoms with Crippen molar-refractivity contribution >= 4 is 0 Å². The van der Waals surface area contributed by atoms with Crippen molar-refractivity contribution in [1.29, 1.82) is 0 Å². The largest absolute Gasteiger partial charge is 0.573 e. The number of ether oxygens (including phenoxy) is 1. The van der Waals surface area contributed by atoms with Crippen molar-refractivity contribution in [1.82, 2.24) is 10.6 Å². The summed E-state index contributed by atoms with van der Waals surface area (Å²) in [7, 11) is 0. The molecule has 4 aliphatic rings. The summed E-state index contributed by atoms with van der Waals surface area (Å²) in [5.41, 5.74) is 2.14. The lowest BCUT2D eigenvalue weighted by Gasteiger charge is -2.28. The molecule has 3 atom stereocenters.